The standard InChI is InChI=1S/C22H26FN3O4S/c1-14-4-7-21(15(2)12-14)31(29,30)26-10-8-17(9-11-26)22(28)25-18-5-6-19(23)20(13-18)24-16(3)27/h4-7,12-13,17H,8-11H2,1-3H3,(H,24,27)(H,25,28). The summed E-state index contributed by atoms with van der Waals surface area (Å²) in [6, 6.07) is 9.18. The highest BCUT2D eigenvalue weighted by molar-refractivity contribution is 7.89. The van der Waals surface area contributed by atoms with Gasteiger partial charge in [0.25, 0.3) is 0 Å². The van der Waals surface area contributed by atoms with Gasteiger partial charge in [0.2, 0.25) is 21.8 Å². The van der Waals surface area contributed by atoms with E-state index in [0.717, 1.165) is 5.56 Å². The zero-order chi connectivity index (χ0) is 22.8. The Hall–Kier alpha value is -2.78. The van der Waals surface area contributed by atoms with Gasteiger partial charge in [-0.2, -0.15) is 4.31 Å². The second-order valence-electron chi connectivity index (χ2n) is 7.81. The Balaban J connectivity index is 1.64. The average Bonchev–Trinajstić information content (AvgIpc) is 2.70. The molecule has 0 bridgehead atoms. The van der Waals surface area contributed by atoms with Crippen molar-refractivity contribution in [1.29, 1.82) is 0 Å². The molecule has 1 fully saturated rings. The molecule has 1 aliphatic rings. The number of amides is 2. The molecule has 0 aromatic heterocycles. The maximum Gasteiger partial charge on any atom is 0.243 e. The Morgan fingerprint density at radius 2 is 1.71 bits per heavy atom. The number of sulfonamides is 1. The zero-order valence-electron chi connectivity index (χ0n) is 17.7. The van der Waals surface area contributed by atoms with Gasteiger partial charge in [-0.15, -0.1) is 0 Å². The topological polar surface area (TPSA) is 95.6 Å². The molecule has 7 nitrogen and oxygen atoms in total. The summed E-state index contributed by atoms with van der Waals surface area (Å²) in [7, 11) is -3.62. The van der Waals surface area contributed by atoms with Gasteiger partial charge in [-0.3, -0.25) is 9.59 Å². The molecule has 166 valence electrons. The lowest BCUT2D eigenvalue weighted by atomic mass is 9.97. The summed E-state index contributed by atoms with van der Waals surface area (Å²) in [6.07, 6.45) is 0.769. The lowest BCUT2D eigenvalue weighted by Crippen LogP contribution is -2.41. The number of hydrogen-bond donors (Lipinski definition) is 2. The largest absolute Gasteiger partial charge is 0.326 e. The first-order chi connectivity index (χ1) is 14.6. The van der Waals surface area contributed by atoms with Crippen molar-refractivity contribution in [2.24, 2.45) is 5.92 Å². The van der Waals surface area contributed by atoms with E-state index in [4.69, 9.17) is 0 Å². The van der Waals surface area contributed by atoms with Crippen molar-refractivity contribution in [1.82, 2.24) is 4.31 Å². The van der Waals surface area contributed by atoms with Gasteiger partial charge in [0.15, 0.2) is 0 Å². The summed E-state index contributed by atoms with van der Waals surface area (Å²) in [5, 5.41) is 5.10. The molecule has 0 spiro atoms. The number of piperidine rings is 1. The van der Waals surface area contributed by atoms with Crippen LogP contribution in [0.4, 0.5) is 15.8 Å². The molecule has 1 aliphatic heterocycles. The van der Waals surface area contributed by atoms with Crippen LogP contribution in [0.3, 0.4) is 0 Å². The number of carbonyl (C=O) groups excluding carboxylic acids is 2. The van der Waals surface area contributed by atoms with Crippen LogP contribution in [-0.2, 0) is 19.6 Å². The summed E-state index contributed by atoms with van der Waals surface area (Å²) in [6.45, 7) is 5.44. The van der Waals surface area contributed by atoms with Gasteiger partial charge in [0.05, 0.1) is 10.6 Å². The molecule has 2 aromatic rings. The van der Waals surface area contributed by atoms with E-state index in [-0.39, 0.29) is 35.5 Å². The number of benzene rings is 2. The summed E-state index contributed by atoms with van der Waals surface area (Å²) in [5.74, 6) is -1.64. The maximum atomic E-state index is 13.8. The molecule has 1 saturated heterocycles. The van der Waals surface area contributed by atoms with Gasteiger partial charge in [0, 0.05) is 31.6 Å². The molecule has 0 aliphatic carbocycles. The van der Waals surface area contributed by atoms with E-state index in [1.165, 1.54) is 29.4 Å². The molecule has 0 radical (unpaired) electrons. The van der Waals surface area contributed by atoms with Crippen LogP contribution in [0.15, 0.2) is 41.3 Å². The number of aryl methyl sites for hydroxylation is 2. The SMILES string of the molecule is CC(=O)Nc1cc(NC(=O)C2CCN(S(=O)(=O)c3ccc(C)cc3C)CC2)ccc1F. The third kappa shape index (κ3) is 5.29. The molecule has 0 unspecified atom stereocenters. The van der Waals surface area contributed by atoms with E-state index in [1.54, 1.807) is 19.1 Å². The number of nitrogens with zero attached hydrogens (tertiary/aromatic N) is 1. The van der Waals surface area contributed by atoms with Gasteiger partial charge in [-0.05, 0) is 56.5 Å². The van der Waals surface area contributed by atoms with Crippen LogP contribution >= 0.6 is 0 Å². The molecule has 2 amide bonds. The molecule has 1 heterocycles. The highest BCUT2D eigenvalue weighted by Gasteiger charge is 2.32. The van der Waals surface area contributed by atoms with E-state index >= 15 is 0 Å². The van der Waals surface area contributed by atoms with E-state index < -0.39 is 21.7 Å². The van der Waals surface area contributed by atoms with Gasteiger partial charge < -0.3 is 10.6 Å². The van der Waals surface area contributed by atoms with Crippen molar-refractivity contribution >= 4 is 33.2 Å². The summed E-state index contributed by atoms with van der Waals surface area (Å²) in [5.41, 5.74) is 2.04. The maximum absolute atomic E-state index is 13.8. The lowest BCUT2D eigenvalue weighted by molar-refractivity contribution is -0.121. The van der Waals surface area contributed by atoms with Crippen LogP contribution in [0, 0.1) is 25.6 Å². The van der Waals surface area contributed by atoms with E-state index in [2.05, 4.69) is 10.6 Å². The minimum atomic E-state index is -3.62. The van der Waals surface area contributed by atoms with Crippen LogP contribution in [0.5, 0.6) is 0 Å². The van der Waals surface area contributed by atoms with Crippen molar-refractivity contribution in [3.8, 4) is 0 Å². The van der Waals surface area contributed by atoms with Crippen molar-refractivity contribution in [2.75, 3.05) is 23.7 Å². The molecule has 0 saturated carbocycles. The van der Waals surface area contributed by atoms with Crippen molar-refractivity contribution in [3.63, 3.8) is 0 Å². The first-order valence-electron chi connectivity index (χ1n) is 10.0. The second kappa shape index (κ2) is 9.15. The predicted octanol–water partition coefficient (Wildman–Crippen LogP) is 3.44. The Kier molecular flexibility index (Phi) is 6.76. The van der Waals surface area contributed by atoms with E-state index in [1.807, 2.05) is 13.0 Å². The smallest absolute Gasteiger partial charge is 0.243 e. The number of hydrogen-bond acceptors (Lipinski definition) is 4. The van der Waals surface area contributed by atoms with Gasteiger partial charge in [0.1, 0.15) is 5.82 Å². The summed E-state index contributed by atoms with van der Waals surface area (Å²) >= 11 is 0. The molecule has 9 heteroatoms. The third-order valence-corrected chi connectivity index (χ3v) is 7.38. The lowest BCUT2D eigenvalue weighted by Gasteiger charge is -2.31. The number of carbonyl (C=O) groups is 2. The molecule has 31 heavy (non-hydrogen) atoms. The average molecular weight is 448 g/mol. The van der Waals surface area contributed by atoms with Gasteiger partial charge in [-0.1, -0.05) is 17.7 Å². The number of nitrogens with one attached hydrogen (secondary N) is 2. The number of rotatable bonds is 5. The molecule has 0 atom stereocenters. The Labute approximate surface area is 181 Å². The fourth-order valence-electron chi connectivity index (χ4n) is 3.72. The van der Waals surface area contributed by atoms with Crippen molar-refractivity contribution in [2.45, 2.75) is 38.5 Å². The number of anilines is 2. The highest BCUT2D eigenvalue weighted by atomic mass is 32.2. The van der Waals surface area contributed by atoms with Crippen molar-refractivity contribution < 1.29 is 22.4 Å². The first kappa shape index (κ1) is 22.9. The summed E-state index contributed by atoms with van der Waals surface area (Å²) in [4.78, 5) is 24.1. The highest BCUT2D eigenvalue weighted by Crippen LogP contribution is 2.27. The van der Waals surface area contributed by atoms with Crippen LogP contribution in [-0.4, -0.2) is 37.6 Å². The molecular formula is C22H26FN3O4S. The Morgan fingerprint density at radius 3 is 2.32 bits per heavy atom. The molecule has 2 N–H and O–H groups in total. The zero-order valence-corrected chi connectivity index (χ0v) is 18.6. The third-order valence-electron chi connectivity index (χ3n) is 5.32. The van der Waals surface area contributed by atoms with Crippen molar-refractivity contribution in [3.05, 3.63) is 53.3 Å². The fourth-order valence-corrected chi connectivity index (χ4v) is 5.39. The van der Waals surface area contributed by atoms with E-state index in [9.17, 15) is 22.4 Å². The second-order valence-corrected chi connectivity index (χ2v) is 9.72. The summed E-state index contributed by atoms with van der Waals surface area (Å²) < 4.78 is 41.2. The Morgan fingerprint density at radius 1 is 1.03 bits per heavy atom. The van der Waals surface area contributed by atoms with Crippen LogP contribution in [0.25, 0.3) is 0 Å². The van der Waals surface area contributed by atoms with Gasteiger partial charge >= 0.3 is 0 Å². The minimum Gasteiger partial charge on any atom is -0.326 e. The van der Waals surface area contributed by atoms with Crippen LogP contribution < -0.4 is 10.6 Å². The molecule has 2 aromatic carbocycles. The molecular weight excluding hydrogens is 421 g/mol. The fraction of sp³-hybridized carbons (Fsp3) is 0.364. The monoisotopic (exact) mass is 447 g/mol. The quantitative estimate of drug-likeness (QED) is 0.734. The minimum absolute atomic E-state index is 0.0142. The van der Waals surface area contributed by atoms with Crippen LogP contribution in [0.2, 0.25) is 0 Å². The van der Waals surface area contributed by atoms with Crippen LogP contribution in [0.1, 0.15) is 30.9 Å². The van der Waals surface area contributed by atoms with E-state index in [0.29, 0.717) is 24.1 Å². The normalized spacial score (nSPS) is 15.5. The predicted molar refractivity (Wildman–Crippen MR) is 117 cm³/mol. The van der Waals surface area contributed by atoms with Gasteiger partial charge in [-0.25, -0.2) is 12.8 Å². The molecule has 3 rings (SSSR count). The number of halogens is 1. The first-order valence-corrected chi connectivity index (χ1v) is 11.5. The Bertz CT molecular complexity index is 1110.